The summed E-state index contributed by atoms with van der Waals surface area (Å²) < 4.78 is 43.2. The summed E-state index contributed by atoms with van der Waals surface area (Å²) in [5.74, 6) is -0.751. The normalized spacial score (nSPS) is 26.1. The number of thioether (sulfide) groups is 1. The molecule has 0 aromatic heterocycles. The van der Waals surface area contributed by atoms with Crippen LogP contribution in [0, 0.1) is 0 Å². The van der Waals surface area contributed by atoms with Gasteiger partial charge in [-0.2, -0.15) is 13.2 Å². The van der Waals surface area contributed by atoms with Gasteiger partial charge in [0.25, 0.3) is 0 Å². The Morgan fingerprint density at radius 1 is 1.47 bits per heavy atom. The minimum atomic E-state index is -4.53. The number of carbonyl (C=O) groups excluding carboxylic acids is 1. The number of hydrogen-bond donors (Lipinski definition) is 1. The van der Waals surface area contributed by atoms with Crippen LogP contribution in [0.3, 0.4) is 0 Å². The number of hydrogen-bond acceptors (Lipinski definition) is 4. The molecule has 19 heavy (non-hydrogen) atoms. The van der Waals surface area contributed by atoms with Gasteiger partial charge in [-0.3, -0.25) is 4.79 Å². The molecule has 1 aliphatic rings. The molecule has 0 radical (unpaired) electrons. The van der Waals surface area contributed by atoms with Crippen LogP contribution in [0.4, 0.5) is 13.2 Å². The molecule has 104 valence electrons. The summed E-state index contributed by atoms with van der Waals surface area (Å²) in [6.07, 6.45) is -4.53. The van der Waals surface area contributed by atoms with Gasteiger partial charge in [0.2, 0.25) is 0 Å². The predicted molar refractivity (Wildman–Crippen MR) is 62.7 cm³/mol. The van der Waals surface area contributed by atoms with Crippen molar-refractivity contribution in [1.29, 1.82) is 0 Å². The van der Waals surface area contributed by atoms with E-state index in [1.165, 1.54) is 19.1 Å². The first kappa shape index (κ1) is 14.2. The Morgan fingerprint density at radius 3 is 2.63 bits per heavy atom. The van der Waals surface area contributed by atoms with Gasteiger partial charge >= 0.3 is 12.1 Å². The molecule has 0 spiro atoms. The Hall–Kier alpha value is -1.21. The summed E-state index contributed by atoms with van der Waals surface area (Å²) in [4.78, 5) is 11.5. The summed E-state index contributed by atoms with van der Waals surface area (Å²) in [5.41, 5.74) is -2.43. The third-order valence-electron chi connectivity index (χ3n) is 3.03. The van der Waals surface area contributed by atoms with E-state index >= 15 is 0 Å². The fraction of sp³-hybridized carbons (Fsp3) is 0.417. The Morgan fingerprint density at radius 2 is 2.11 bits per heavy atom. The molecule has 1 N–H and O–H groups in total. The lowest BCUT2D eigenvalue weighted by molar-refractivity contribution is -0.144. The summed E-state index contributed by atoms with van der Waals surface area (Å²) in [6, 6.07) is 3.54. The smallest absolute Gasteiger partial charge is 0.417 e. The van der Waals surface area contributed by atoms with Crippen LogP contribution in [0.2, 0.25) is 0 Å². The van der Waals surface area contributed by atoms with Crippen LogP contribution in [-0.2, 0) is 21.3 Å². The number of ether oxygens (including phenoxy) is 1. The van der Waals surface area contributed by atoms with E-state index < -0.39 is 28.6 Å². The first-order chi connectivity index (χ1) is 8.69. The third-order valence-corrected chi connectivity index (χ3v) is 4.59. The Balaban J connectivity index is 2.56. The third kappa shape index (κ3) is 2.21. The van der Waals surface area contributed by atoms with E-state index in [0.29, 0.717) is 11.8 Å². The van der Waals surface area contributed by atoms with E-state index in [1.807, 2.05) is 0 Å². The lowest BCUT2D eigenvalue weighted by Crippen LogP contribution is -2.37. The van der Waals surface area contributed by atoms with E-state index in [4.69, 9.17) is 0 Å². The number of halogens is 3. The largest absolute Gasteiger partial charge is 0.468 e. The summed E-state index contributed by atoms with van der Waals surface area (Å²) >= 11 is 0.685. The second-order valence-electron chi connectivity index (χ2n) is 4.35. The topological polar surface area (TPSA) is 46.5 Å². The molecule has 2 rings (SSSR count). The van der Waals surface area contributed by atoms with E-state index in [0.717, 1.165) is 13.2 Å². The van der Waals surface area contributed by atoms with Gasteiger partial charge in [-0.25, -0.2) is 0 Å². The van der Waals surface area contributed by atoms with E-state index in [9.17, 15) is 23.1 Å². The Labute approximate surface area is 111 Å². The highest BCUT2D eigenvalue weighted by atomic mass is 32.2. The van der Waals surface area contributed by atoms with Crippen molar-refractivity contribution >= 4 is 17.7 Å². The van der Waals surface area contributed by atoms with Crippen LogP contribution < -0.4 is 0 Å². The molecule has 7 heteroatoms. The maximum absolute atomic E-state index is 12.9. The van der Waals surface area contributed by atoms with Crippen molar-refractivity contribution in [3.05, 3.63) is 29.3 Å². The minimum Gasteiger partial charge on any atom is -0.468 e. The van der Waals surface area contributed by atoms with E-state index in [-0.39, 0.29) is 10.5 Å². The van der Waals surface area contributed by atoms with Crippen LogP contribution in [-0.4, -0.2) is 23.4 Å². The SMILES string of the molecule is COC(=O)C1Sc2c(C(F)(F)F)cccc2C1(C)O. The predicted octanol–water partition coefficient (Wildman–Crippen LogP) is 2.56. The zero-order chi connectivity index (χ0) is 14.4. The molecule has 0 saturated carbocycles. The molecule has 0 bridgehead atoms. The first-order valence-corrected chi connectivity index (χ1v) is 6.25. The van der Waals surface area contributed by atoms with Gasteiger partial charge < -0.3 is 9.84 Å². The molecule has 1 aromatic rings. The van der Waals surface area contributed by atoms with E-state index in [2.05, 4.69) is 4.74 Å². The molecule has 0 aliphatic carbocycles. The van der Waals surface area contributed by atoms with Crippen molar-refractivity contribution in [2.45, 2.75) is 28.8 Å². The molecule has 2 atom stereocenters. The molecule has 2 unspecified atom stereocenters. The maximum atomic E-state index is 12.9. The molecule has 0 saturated heterocycles. The van der Waals surface area contributed by atoms with Crippen LogP contribution in [0.25, 0.3) is 0 Å². The number of aliphatic hydroxyl groups is 1. The van der Waals surface area contributed by atoms with Gasteiger partial charge in [0.15, 0.2) is 0 Å². The quantitative estimate of drug-likeness (QED) is 0.808. The minimum absolute atomic E-state index is 0.0997. The molecule has 1 aliphatic heterocycles. The van der Waals surface area contributed by atoms with Crippen LogP contribution in [0.5, 0.6) is 0 Å². The van der Waals surface area contributed by atoms with Crippen LogP contribution >= 0.6 is 11.8 Å². The average molecular weight is 292 g/mol. The zero-order valence-corrected chi connectivity index (χ0v) is 10.9. The molecule has 1 heterocycles. The Bertz CT molecular complexity index is 525. The highest BCUT2D eigenvalue weighted by Crippen LogP contribution is 2.52. The maximum Gasteiger partial charge on any atom is 0.417 e. The lowest BCUT2D eigenvalue weighted by atomic mass is 9.91. The standard InChI is InChI=1S/C12H11F3O3S/c1-11(17)6-4-3-5-7(12(13,14)15)8(6)19-9(11)10(16)18-2/h3-5,9,17H,1-2H3. The number of alkyl halides is 3. The number of fused-ring (bicyclic) bond motifs is 1. The van der Waals surface area contributed by atoms with Gasteiger partial charge in [0.05, 0.1) is 12.7 Å². The second-order valence-corrected chi connectivity index (χ2v) is 5.46. The lowest BCUT2D eigenvalue weighted by Gasteiger charge is -2.23. The number of esters is 1. The number of rotatable bonds is 1. The average Bonchev–Trinajstić information content (AvgIpc) is 2.59. The van der Waals surface area contributed by atoms with Gasteiger partial charge in [0, 0.05) is 4.90 Å². The van der Waals surface area contributed by atoms with Gasteiger partial charge in [-0.05, 0) is 18.6 Å². The van der Waals surface area contributed by atoms with E-state index in [1.54, 1.807) is 0 Å². The van der Waals surface area contributed by atoms with Crippen molar-refractivity contribution in [3.8, 4) is 0 Å². The first-order valence-electron chi connectivity index (χ1n) is 5.37. The molecule has 0 amide bonds. The Kier molecular flexibility index (Phi) is 3.30. The molecular weight excluding hydrogens is 281 g/mol. The molecular formula is C12H11F3O3S. The van der Waals surface area contributed by atoms with Gasteiger partial charge in [-0.1, -0.05) is 12.1 Å². The van der Waals surface area contributed by atoms with Gasteiger partial charge in [-0.15, -0.1) is 11.8 Å². The van der Waals surface area contributed by atoms with Crippen molar-refractivity contribution < 1.29 is 27.8 Å². The van der Waals surface area contributed by atoms with Crippen molar-refractivity contribution in [2.24, 2.45) is 0 Å². The van der Waals surface area contributed by atoms with Crippen LogP contribution in [0.1, 0.15) is 18.1 Å². The molecule has 3 nitrogen and oxygen atoms in total. The fourth-order valence-corrected chi connectivity index (χ4v) is 3.54. The van der Waals surface area contributed by atoms with Crippen molar-refractivity contribution in [2.75, 3.05) is 7.11 Å². The highest BCUT2D eigenvalue weighted by Gasteiger charge is 2.50. The number of carbonyl (C=O) groups is 1. The summed E-state index contributed by atoms with van der Waals surface area (Å²) in [6.45, 7) is 1.31. The van der Waals surface area contributed by atoms with Crippen LogP contribution in [0.15, 0.2) is 23.1 Å². The molecule has 1 aromatic carbocycles. The monoisotopic (exact) mass is 292 g/mol. The number of methoxy groups -OCH3 is 1. The summed E-state index contributed by atoms with van der Waals surface area (Å²) in [7, 11) is 1.13. The second kappa shape index (κ2) is 4.42. The van der Waals surface area contributed by atoms with Crippen molar-refractivity contribution in [3.63, 3.8) is 0 Å². The van der Waals surface area contributed by atoms with Gasteiger partial charge in [0.1, 0.15) is 10.9 Å². The number of benzene rings is 1. The molecule has 0 fully saturated rings. The highest BCUT2D eigenvalue weighted by molar-refractivity contribution is 8.01. The summed E-state index contributed by atoms with van der Waals surface area (Å²) in [5, 5.41) is 9.21. The van der Waals surface area contributed by atoms with Crippen molar-refractivity contribution in [1.82, 2.24) is 0 Å². The fourth-order valence-electron chi connectivity index (χ4n) is 2.04. The zero-order valence-electron chi connectivity index (χ0n) is 10.1.